The maximum Gasteiger partial charge on any atom is 0.137 e. The van der Waals surface area contributed by atoms with Gasteiger partial charge >= 0.3 is 0 Å². The van der Waals surface area contributed by atoms with Crippen LogP contribution in [-0.2, 0) is 6.54 Å². The van der Waals surface area contributed by atoms with Gasteiger partial charge < -0.3 is 14.8 Å². The standard InChI is InChI=1S/C12H14N4O/c1-9(8-17)14-5-11-6-15-12-3-2-10(4-13)7-16(11)12/h2-3,6-7,9,14,17H,5,8H2,1H3. The van der Waals surface area contributed by atoms with E-state index in [-0.39, 0.29) is 12.6 Å². The van der Waals surface area contributed by atoms with Gasteiger partial charge in [0.1, 0.15) is 11.7 Å². The molecule has 1 unspecified atom stereocenters. The summed E-state index contributed by atoms with van der Waals surface area (Å²) in [6, 6.07) is 5.71. The zero-order valence-corrected chi connectivity index (χ0v) is 9.59. The van der Waals surface area contributed by atoms with Crippen LogP contribution in [0.1, 0.15) is 18.2 Å². The average molecular weight is 230 g/mol. The monoisotopic (exact) mass is 230 g/mol. The van der Waals surface area contributed by atoms with Crippen LogP contribution in [0, 0.1) is 11.3 Å². The van der Waals surface area contributed by atoms with Gasteiger partial charge in [0.25, 0.3) is 0 Å². The van der Waals surface area contributed by atoms with Crippen molar-refractivity contribution in [2.24, 2.45) is 0 Å². The maximum atomic E-state index is 8.93. The molecular formula is C12H14N4O. The molecule has 0 radical (unpaired) electrons. The fourth-order valence-corrected chi connectivity index (χ4v) is 1.57. The second kappa shape index (κ2) is 4.95. The Hall–Kier alpha value is -1.90. The summed E-state index contributed by atoms with van der Waals surface area (Å²) in [4.78, 5) is 4.25. The lowest BCUT2D eigenvalue weighted by atomic mass is 10.3. The number of rotatable bonds is 4. The number of aliphatic hydroxyl groups is 1. The fraction of sp³-hybridized carbons (Fsp3) is 0.333. The fourth-order valence-electron chi connectivity index (χ4n) is 1.57. The summed E-state index contributed by atoms with van der Waals surface area (Å²) in [6.45, 7) is 2.61. The zero-order chi connectivity index (χ0) is 12.3. The summed E-state index contributed by atoms with van der Waals surface area (Å²) in [5.74, 6) is 0. The molecule has 0 aliphatic heterocycles. The number of hydrogen-bond acceptors (Lipinski definition) is 4. The van der Waals surface area contributed by atoms with E-state index in [1.807, 2.05) is 17.4 Å². The van der Waals surface area contributed by atoms with Crippen molar-refractivity contribution in [1.29, 1.82) is 5.26 Å². The van der Waals surface area contributed by atoms with E-state index < -0.39 is 0 Å². The first-order valence-electron chi connectivity index (χ1n) is 5.45. The van der Waals surface area contributed by atoms with Crippen molar-refractivity contribution in [2.75, 3.05) is 6.61 Å². The molecule has 0 aromatic carbocycles. The zero-order valence-electron chi connectivity index (χ0n) is 9.59. The second-order valence-electron chi connectivity index (χ2n) is 3.97. The molecule has 2 aromatic heterocycles. The van der Waals surface area contributed by atoms with Crippen LogP contribution in [0.5, 0.6) is 0 Å². The normalized spacial score (nSPS) is 12.5. The van der Waals surface area contributed by atoms with Crippen LogP contribution in [0.25, 0.3) is 5.65 Å². The number of nitriles is 1. The molecule has 0 aliphatic rings. The lowest BCUT2D eigenvalue weighted by molar-refractivity contribution is 0.250. The highest BCUT2D eigenvalue weighted by molar-refractivity contribution is 5.44. The van der Waals surface area contributed by atoms with E-state index in [0.717, 1.165) is 11.3 Å². The molecule has 2 heterocycles. The minimum Gasteiger partial charge on any atom is -0.395 e. The highest BCUT2D eigenvalue weighted by Crippen LogP contribution is 2.08. The van der Waals surface area contributed by atoms with Crippen LogP contribution < -0.4 is 5.32 Å². The Kier molecular flexibility index (Phi) is 3.38. The summed E-state index contributed by atoms with van der Waals surface area (Å²) >= 11 is 0. The smallest absolute Gasteiger partial charge is 0.137 e. The van der Waals surface area contributed by atoms with Crippen LogP contribution in [0.15, 0.2) is 24.5 Å². The molecule has 0 amide bonds. The Morgan fingerprint density at radius 3 is 3.12 bits per heavy atom. The number of aromatic nitrogens is 2. The van der Waals surface area contributed by atoms with Gasteiger partial charge in [0, 0.05) is 18.8 Å². The van der Waals surface area contributed by atoms with E-state index >= 15 is 0 Å². The van der Waals surface area contributed by atoms with Crippen molar-refractivity contribution in [2.45, 2.75) is 19.5 Å². The first kappa shape index (κ1) is 11.6. The highest BCUT2D eigenvalue weighted by Gasteiger charge is 2.05. The van der Waals surface area contributed by atoms with Gasteiger partial charge in [0.05, 0.1) is 24.1 Å². The van der Waals surface area contributed by atoms with E-state index in [0.29, 0.717) is 12.1 Å². The number of aliphatic hydroxyl groups excluding tert-OH is 1. The highest BCUT2D eigenvalue weighted by atomic mass is 16.3. The van der Waals surface area contributed by atoms with Crippen molar-refractivity contribution in [3.05, 3.63) is 35.8 Å². The number of pyridine rings is 1. The Balaban J connectivity index is 2.25. The van der Waals surface area contributed by atoms with Gasteiger partial charge in [-0.1, -0.05) is 0 Å². The lowest BCUT2D eigenvalue weighted by Crippen LogP contribution is -2.29. The molecular weight excluding hydrogens is 216 g/mol. The maximum absolute atomic E-state index is 8.93. The molecule has 0 saturated heterocycles. The predicted octanol–water partition coefficient (Wildman–Crippen LogP) is 0.676. The topological polar surface area (TPSA) is 73.3 Å². The number of imidazole rings is 1. The molecule has 0 bridgehead atoms. The van der Waals surface area contributed by atoms with Gasteiger partial charge in [-0.05, 0) is 19.1 Å². The Labute approximate surface area is 99.3 Å². The number of fused-ring (bicyclic) bond motifs is 1. The average Bonchev–Trinajstić information content (AvgIpc) is 2.78. The summed E-state index contributed by atoms with van der Waals surface area (Å²) in [6.07, 6.45) is 3.54. The van der Waals surface area contributed by atoms with E-state index in [9.17, 15) is 0 Å². The Bertz CT molecular complexity index is 555. The largest absolute Gasteiger partial charge is 0.395 e. The molecule has 0 spiro atoms. The summed E-state index contributed by atoms with van der Waals surface area (Å²) in [7, 11) is 0. The van der Waals surface area contributed by atoms with Crippen molar-refractivity contribution >= 4 is 5.65 Å². The molecule has 17 heavy (non-hydrogen) atoms. The molecule has 2 aromatic rings. The minimum absolute atomic E-state index is 0.0414. The molecule has 5 heteroatoms. The molecule has 0 fully saturated rings. The van der Waals surface area contributed by atoms with Crippen LogP contribution in [0.4, 0.5) is 0 Å². The summed E-state index contributed by atoms with van der Waals surface area (Å²) < 4.78 is 1.88. The van der Waals surface area contributed by atoms with E-state index in [1.165, 1.54) is 0 Å². The number of nitrogens with one attached hydrogen (secondary N) is 1. The number of nitrogens with zero attached hydrogens (tertiary/aromatic N) is 3. The van der Waals surface area contributed by atoms with Gasteiger partial charge in [-0.15, -0.1) is 0 Å². The quantitative estimate of drug-likeness (QED) is 0.810. The third kappa shape index (κ3) is 2.44. The molecule has 88 valence electrons. The molecule has 2 rings (SSSR count). The van der Waals surface area contributed by atoms with E-state index in [2.05, 4.69) is 16.4 Å². The molecule has 2 N–H and O–H groups in total. The van der Waals surface area contributed by atoms with Crippen LogP contribution in [0.3, 0.4) is 0 Å². The van der Waals surface area contributed by atoms with E-state index in [4.69, 9.17) is 10.4 Å². The van der Waals surface area contributed by atoms with Crippen molar-refractivity contribution < 1.29 is 5.11 Å². The third-order valence-corrected chi connectivity index (χ3v) is 2.62. The van der Waals surface area contributed by atoms with Gasteiger partial charge in [0.2, 0.25) is 0 Å². The minimum atomic E-state index is 0.0414. The van der Waals surface area contributed by atoms with Gasteiger partial charge in [-0.25, -0.2) is 4.98 Å². The van der Waals surface area contributed by atoms with Crippen LogP contribution in [-0.4, -0.2) is 27.1 Å². The SMILES string of the molecule is CC(CO)NCc1cnc2ccc(C#N)cn12. The van der Waals surface area contributed by atoms with Crippen LogP contribution >= 0.6 is 0 Å². The lowest BCUT2D eigenvalue weighted by Gasteiger charge is -2.10. The molecule has 0 aliphatic carbocycles. The van der Waals surface area contributed by atoms with Gasteiger partial charge in [-0.3, -0.25) is 0 Å². The van der Waals surface area contributed by atoms with Crippen molar-refractivity contribution in [3.8, 4) is 6.07 Å². The van der Waals surface area contributed by atoms with Gasteiger partial charge in [-0.2, -0.15) is 5.26 Å². The van der Waals surface area contributed by atoms with Crippen molar-refractivity contribution in [3.63, 3.8) is 0 Å². The first-order valence-corrected chi connectivity index (χ1v) is 5.45. The van der Waals surface area contributed by atoms with Crippen molar-refractivity contribution in [1.82, 2.24) is 14.7 Å². The molecule has 5 nitrogen and oxygen atoms in total. The molecule has 0 saturated carbocycles. The first-order chi connectivity index (χ1) is 8.24. The Morgan fingerprint density at radius 2 is 2.41 bits per heavy atom. The van der Waals surface area contributed by atoms with E-state index in [1.54, 1.807) is 18.5 Å². The van der Waals surface area contributed by atoms with Crippen LogP contribution in [0.2, 0.25) is 0 Å². The Morgan fingerprint density at radius 1 is 1.59 bits per heavy atom. The summed E-state index contributed by atoms with van der Waals surface area (Å²) in [5, 5.41) is 21.0. The number of hydrogen-bond donors (Lipinski definition) is 2. The predicted molar refractivity (Wildman–Crippen MR) is 63.3 cm³/mol. The third-order valence-electron chi connectivity index (χ3n) is 2.62. The summed E-state index contributed by atoms with van der Waals surface area (Å²) in [5.41, 5.74) is 2.39. The molecule has 1 atom stereocenters. The van der Waals surface area contributed by atoms with Gasteiger partial charge in [0.15, 0.2) is 0 Å². The second-order valence-corrected chi connectivity index (χ2v) is 3.97.